The smallest absolute Gasteiger partial charge is 0.299 e. The molecule has 0 aliphatic rings. The van der Waals surface area contributed by atoms with E-state index < -0.39 is 14.0 Å². The Morgan fingerprint density at radius 1 is 1.03 bits per heavy atom. The predicted molar refractivity (Wildman–Crippen MR) is 142 cm³/mol. The van der Waals surface area contributed by atoms with E-state index in [0.717, 1.165) is 32.3 Å². The minimum absolute atomic E-state index is 0.194. The van der Waals surface area contributed by atoms with Crippen molar-refractivity contribution in [3.63, 3.8) is 0 Å². The average Bonchev–Trinajstić information content (AvgIpc) is 2.83. The monoisotopic (exact) mass is 475 g/mol. The topological polar surface area (TPSA) is 57.1 Å². The number of carbonyl (C=O) groups excluding carboxylic acids is 1. The number of nitrogens with zero attached hydrogens (tertiary/aromatic N) is 1. The van der Waals surface area contributed by atoms with E-state index in [0.29, 0.717) is 25.4 Å². The van der Waals surface area contributed by atoms with Crippen LogP contribution in [-0.2, 0) is 18.6 Å². The molecule has 0 aliphatic carbocycles. The highest BCUT2D eigenvalue weighted by Crippen LogP contribution is 2.48. The van der Waals surface area contributed by atoms with E-state index >= 15 is 0 Å². The molecular formula is C28H30NO4P. The summed E-state index contributed by atoms with van der Waals surface area (Å²) in [6.07, 6.45) is 1.74. The third-order valence-corrected chi connectivity index (χ3v) is 7.21. The average molecular weight is 476 g/mol. The fourth-order valence-electron chi connectivity index (χ4n) is 3.73. The minimum Gasteiger partial charge on any atom is -0.412 e. The molecule has 0 saturated heterocycles. The zero-order valence-corrected chi connectivity index (χ0v) is 20.8. The summed E-state index contributed by atoms with van der Waals surface area (Å²) in [6, 6.07) is 19.8. The predicted octanol–water partition coefficient (Wildman–Crippen LogP) is 5.55. The highest BCUT2D eigenvalue weighted by molar-refractivity contribution is 7.50. The van der Waals surface area contributed by atoms with Crippen LogP contribution >= 0.6 is 8.38 Å². The molecule has 176 valence electrons. The van der Waals surface area contributed by atoms with Gasteiger partial charge in [0.15, 0.2) is 8.38 Å². The van der Waals surface area contributed by atoms with Crippen molar-refractivity contribution in [2.24, 2.45) is 4.99 Å². The molecule has 0 aliphatic heterocycles. The Morgan fingerprint density at radius 3 is 2.24 bits per heavy atom. The van der Waals surface area contributed by atoms with Crippen molar-refractivity contribution in [1.29, 1.82) is 0 Å². The maximum Gasteiger partial charge on any atom is 0.299 e. The molecule has 0 amide bonds. The standard InChI is InChI=1S/C28H30NO4P/c1-6-24(25-16-12-9-13-20(25)4)27(34(32-7-2)33-8-3)28(31-19-30)29-26-18-23-15-11-10-14-22(23)17-21(26)5/h6,9-19,27H,1,4,7-8H2,2-3,5H3/b25-24+,29-28?. The molecule has 0 bridgehead atoms. The Hall–Kier alpha value is -3.11. The van der Waals surface area contributed by atoms with Crippen LogP contribution in [0.1, 0.15) is 19.4 Å². The third-order valence-electron chi connectivity index (χ3n) is 5.26. The normalized spacial score (nSPS) is 13.6. The zero-order valence-electron chi connectivity index (χ0n) is 19.9. The van der Waals surface area contributed by atoms with Gasteiger partial charge in [0.05, 0.1) is 18.9 Å². The maximum absolute atomic E-state index is 11.6. The highest BCUT2D eigenvalue weighted by atomic mass is 31.2. The van der Waals surface area contributed by atoms with E-state index in [-0.39, 0.29) is 5.90 Å². The minimum atomic E-state index is -1.55. The number of aliphatic imine (C=N–C) groups is 1. The summed E-state index contributed by atoms with van der Waals surface area (Å²) in [5, 5.41) is 3.84. The summed E-state index contributed by atoms with van der Waals surface area (Å²) >= 11 is 0. The van der Waals surface area contributed by atoms with Gasteiger partial charge in [-0.1, -0.05) is 67.8 Å². The lowest BCUT2D eigenvalue weighted by Crippen LogP contribution is -2.33. The van der Waals surface area contributed by atoms with Crippen molar-refractivity contribution >= 4 is 49.4 Å². The molecule has 0 fully saturated rings. The van der Waals surface area contributed by atoms with Gasteiger partial charge >= 0.3 is 0 Å². The third kappa shape index (κ3) is 5.87. The van der Waals surface area contributed by atoms with Gasteiger partial charge in [-0.3, -0.25) is 4.79 Å². The van der Waals surface area contributed by atoms with Crippen molar-refractivity contribution < 1.29 is 18.6 Å². The second-order valence-corrected chi connectivity index (χ2v) is 9.09. The second-order valence-electron chi connectivity index (χ2n) is 7.49. The van der Waals surface area contributed by atoms with Gasteiger partial charge < -0.3 is 13.8 Å². The Kier molecular flexibility index (Phi) is 9.29. The maximum atomic E-state index is 11.6. The fraction of sp³-hybridized carbons (Fsp3) is 0.214. The van der Waals surface area contributed by atoms with Crippen LogP contribution in [0.15, 0.2) is 78.3 Å². The first-order chi connectivity index (χ1) is 16.5. The van der Waals surface area contributed by atoms with E-state index in [4.69, 9.17) is 18.8 Å². The van der Waals surface area contributed by atoms with Gasteiger partial charge in [0.2, 0.25) is 5.90 Å². The number of hydrogen-bond acceptors (Lipinski definition) is 5. The molecule has 1 atom stereocenters. The number of hydrogen-bond donors (Lipinski definition) is 0. The van der Waals surface area contributed by atoms with E-state index in [9.17, 15) is 4.79 Å². The second kappa shape index (κ2) is 12.4. The van der Waals surface area contributed by atoms with Crippen LogP contribution < -0.4 is 10.4 Å². The first-order valence-electron chi connectivity index (χ1n) is 11.2. The SMILES string of the molecule is C=C/C(=c1/ccccc1=C)C(C(=Nc1cc2ccccc2cc1C)OC=O)P(OCC)OCC. The lowest BCUT2D eigenvalue weighted by Gasteiger charge is -2.27. The Morgan fingerprint density at radius 2 is 1.65 bits per heavy atom. The van der Waals surface area contributed by atoms with Gasteiger partial charge in [0, 0.05) is 0 Å². The van der Waals surface area contributed by atoms with Gasteiger partial charge in [-0.2, -0.15) is 0 Å². The lowest BCUT2D eigenvalue weighted by atomic mass is 10.1. The molecule has 0 N–H and O–H groups in total. The lowest BCUT2D eigenvalue weighted by molar-refractivity contribution is -0.121. The van der Waals surface area contributed by atoms with Crippen LogP contribution in [0.3, 0.4) is 0 Å². The Bertz CT molecular complexity index is 1300. The van der Waals surface area contributed by atoms with E-state index in [1.807, 2.05) is 69.3 Å². The number of ether oxygens (including phenoxy) is 1. The molecule has 0 aromatic heterocycles. The summed E-state index contributed by atoms with van der Waals surface area (Å²) in [6.45, 7) is 15.3. The molecular weight excluding hydrogens is 445 g/mol. The Labute approximate surface area is 202 Å². The van der Waals surface area contributed by atoms with Gasteiger partial charge in [-0.05, 0) is 65.3 Å². The molecule has 34 heavy (non-hydrogen) atoms. The van der Waals surface area contributed by atoms with Crippen molar-refractivity contribution in [3.05, 3.63) is 89.3 Å². The summed E-state index contributed by atoms with van der Waals surface area (Å²) in [4.78, 5) is 16.5. The van der Waals surface area contributed by atoms with E-state index in [2.05, 4.69) is 25.3 Å². The van der Waals surface area contributed by atoms with Crippen LogP contribution in [0.2, 0.25) is 0 Å². The number of fused-ring (bicyclic) bond motifs is 1. The molecule has 1 unspecified atom stereocenters. The first-order valence-corrected chi connectivity index (χ1v) is 12.4. The molecule has 0 heterocycles. The van der Waals surface area contributed by atoms with Gasteiger partial charge in [0.1, 0.15) is 5.66 Å². The van der Waals surface area contributed by atoms with Crippen LogP contribution in [-0.4, -0.2) is 31.2 Å². The van der Waals surface area contributed by atoms with Crippen molar-refractivity contribution in [1.82, 2.24) is 0 Å². The molecule has 0 spiro atoms. The van der Waals surface area contributed by atoms with Crippen molar-refractivity contribution in [2.45, 2.75) is 26.4 Å². The van der Waals surface area contributed by atoms with Gasteiger partial charge in [-0.15, -0.1) is 0 Å². The molecule has 3 rings (SSSR count). The molecule has 6 heteroatoms. The molecule has 0 radical (unpaired) electrons. The van der Waals surface area contributed by atoms with Crippen LogP contribution in [0.4, 0.5) is 5.69 Å². The van der Waals surface area contributed by atoms with Gasteiger partial charge in [-0.25, -0.2) is 4.99 Å². The van der Waals surface area contributed by atoms with Crippen molar-refractivity contribution in [2.75, 3.05) is 13.2 Å². The van der Waals surface area contributed by atoms with Crippen LogP contribution in [0.25, 0.3) is 22.9 Å². The first kappa shape index (κ1) is 25.5. The Balaban J connectivity index is 2.31. The van der Waals surface area contributed by atoms with E-state index in [1.54, 1.807) is 6.08 Å². The number of allylic oxidation sites excluding steroid dienone is 1. The number of carbonyl (C=O) groups is 1. The summed E-state index contributed by atoms with van der Waals surface area (Å²) in [5.74, 6) is 0.194. The summed E-state index contributed by atoms with van der Waals surface area (Å²) < 4.78 is 17.6. The number of benzene rings is 3. The largest absolute Gasteiger partial charge is 0.412 e. The van der Waals surface area contributed by atoms with Crippen LogP contribution in [0, 0.1) is 6.92 Å². The molecule has 3 aromatic carbocycles. The van der Waals surface area contributed by atoms with E-state index in [1.165, 1.54) is 0 Å². The summed E-state index contributed by atoms with van der Waals surface area (Å²) in [5.41, 5.74) is 1.85. The molecule has 3 aromatic rings. The molecule has 0 saturated carbocycles. The van der Waals surface area contributed by atoms with Crippen molar-refractivity contribution in [3.8, 4) is 0 Å². The highest BCUT2D eigenvalue weighted by Gasteiger charge is 2.34. The summed E-state index contributed by atoms with van der Waals surface area (Å²) in [7, 11) is -1.55. The number of rotatable bonds is 10. The fourth-order valence-corrected chi connectivity index (χ4v) is 5.38. The zero-order chi connectivity index (χ0) is 24.5. The quantitative estimate of drug-likeness (QED) is 0.167. The molecule has 5 nitrogen and oxygen atoms in total. The number of aryl methyl sites for hydroxylation is 1. The van der Waals surface area contributed by atoms with Gasteiger partial charge in [0.25, 0.3) is 6.47 Å². The van der Waals surface area contributed by atoms with Crippen LogP contribution in [0.5, 0.6) is 0 Å².